The van der Waals surface area contributed by atoms with Crippen molar-refractivity contribution in [3.8, 4) is 66.9 Å². The maximum Gasteiger partial charge on any atom is 0.234 e. The Morgan fingerprint density at radius 1 is 0.442 bits per heavy atom. The van der Waals surface area contributed by atoms with E-state index in [0.717, 1.165) is 175 Å². The maximum absolute atomic E-state index is 9.41. The molecular formula is C97H129Br4Cl3FN25O8. The van der Waals surface area contributed by atoms with Gasteiger partial charge in [-0.3, -0.25) is 4.70 Å². The number of hydrogen-bond acceptors (Lipinski definition) is 30. The summed E-state index contributed by atoms with van der Waals surface area (Å²) in [5.74, 6) is 13.2. The summed E-state index contributed by atoms with van der Waals surface area (Å²) in [4.78, 5) is 56.3. The van der Waals surface area contributed by atoms with Gasteiger partial charge in [-0.15, -0.1) is 12.8 Å². The minimum atomic E-state index is -0.153. The van der Waals surface area contributed by atoms with Crippen molar-refractivity contribution < 1.29 is 44.8 Å². The van der Waals surface area contributed by atoms with Crippen molar-refractivity contribution in [1.82, 2.24) is 83.5 Å². The van der Waals surface area contributed by atoms with Gasteiger partial charge >= 0.3 is 0 Å². The molecule has 0 spiro atoms. The van der Waals surface area contributed by atoms with Gasteiger partial charge in [0.1, 0.15) is 89.7 Å². The SMILES string of the molecule is C.C#CCO.C#CCOC1CCCCO1.CC(C)(C)CNc1nc(C#N)ncc1Br.CC(C)(C)CNc1nc(C#N)ncc1C#CCOC1CCCCO1.CC(C)(C)CNc1nc(Cl)ncc1Br.CC(C)(C)Cn1c(CBr)cc2cnc(C#N)nc21.CC(C)(C)Cn1c(CO)cc2cnc(C#N)nc21.CC(C)(C)Cn1c(COC2CCCCO2)cc2cnc(C#N)nc21.Clc1ncc(Br)c(Cl)n1.F.[2HH]. The molecule has 10 aromatic rings. The number of hydrogen-bond donors (Lipinski definition) is 5. The van der Waals surface area contributed by atoms with E-state index in [2.05, 4.69) is 313 Å². The Labute approximate surface area is 861 Å². The number of ether oxygens (including phenoxy) is 6. The van der Waals surface area contributed by atoms with Crippen LogP contribution in [-0.4, -0.2) is 172 Å². The zero-order valence-electron chi connectivity index (χ0n) is 80.9. The molecule has 0 saturated carbocycles. The van der Waals surface area contributed by atoms with Gasteiger partial charge in [-0.2, -0.15) is 31.3 Å². The minimum absolute atomic E-state index is 0. The number of terminal acetylenes is 2. The summed E-state index contributed by atoms with van der Waals surface area (Å²) < 4.78 is 41.6. The lowest BCUT2D eigenvalue weighted by Gasteiger charge is -2.24. The fourth-order valence-corrected chi connectivity index (χ4v) is 13.7. The van der Waals surface area contributed by atoms with Crippen LogP contribution in [0, 0.1) is 126 Å². The third-order valence-electron chi connectivity index (χ3n) is 18.0. The number of anilines is 3. The van der Waals surface area contributed by atoms with Crippen LogP contribution in [-0.2, 0) is 66.6 Å². The van der Waals surface area contributed by atoms with Crippen molar-refractivity contribution >= 4 is 149 Å². The highest BCUT2D eigenvalue weighted by Crippen LogP contribution is 2.32. The molecule has 13 rings (SSSR count). The van der Waals surface area contributed by atoms with E-state index in [0.29, 0.717) is 52.3 Å². The number of nitrogens with one attached hydrogen (secondary N) is 3. The second-order valence-corrected chi connectivity index (χ2v) is 42.2. The van der Waals surface area contributed by atoms with E-state index in [1.54, 1.807) is 37.2 Å². The van der Waals surface area contributed by atoms with Gasteiger partial charge in [-0.05, 0) is 179 Å². The summed E-state index contributed by atoms with van der Waals surface area (Å²) in [6, 6.07) is 15.8. The smallest absolute Gasteiger partial charge is 0.234 e. The zero-order valence-corrected chi connectivity index (χ0v) is 89.5. The minimum Gasteiger partial charge on any atom is -0.390 e. The molecule has 3 aliphatic heterocycles. The third kappa shape index (κ3) is 46.9. The van der Waals surface area contributed by atoms with E-state index in [4.69, 9.17) is 101 Å². The molecule has 0 bridgehead atoms. The predicted octanol–water partition coefficient (Wildman–Crippen LogP) is 21.5. The van der Waals surface area contributed by atoms with Crippen LogP contribution >= 0.6 is 98.5 Å². The standard InChI is InChI=1S/2C18H24N4O2.C13H15BrN4.C13H16N4O.C10H13BrN4.C9H13BrClN3.C8H12O2.C4HBrCl2N2.C3H4O.CH4.FH.H2/c1-18(2,3)12-22-14(11-24-16-6-4-5-7-23-16)8-13-10-20-15(9-19)21-17(13)22;1-18(2,3)13-21-17-14(12-20-15(11-19)22-17)7-6-10-24-16-8-4-5-9-23-16;1-13(2,3)8-18-10(5-14)4-9-7-16-11(6-15)17-12(9)18;1-13(2,3)8-17-10(7-18)4-9-6-15-11(5-14)16-12(9)17;1-10(2,3)6-14-9-7(11)5-13-8(4-12)15-9;1-9(2,3)5-13-7-6(10)4-12-8(11)14-7;1-2-6-9-8-5-3-4-7-10-8;5-2-1-8-4(7)9-3(2)6;1-2-3-4;;;/h8,10,16H,4-7,11-12H2,1-3H3;12,16H,4-5,8-10,13H2,1-3H3,(H,20,21,22);4,7H,5,8H2,1-3H3;4,6,18H,7-8H2,1-3H3;5H,6H2,1-3H3,(H,13,14,15);4H,5H2,1-3H3,(H,12,13,14);1,8H,3-7H2;1H;1,4H,3H2;1H4;2*1H/i;;;;;;;;;;;1+1. The largest absolute Gasteiger partial charge is 0.390 e. The first-order valence-corrected chi connectivity index (χ1v) is 48.3. The molecule has 10 aromatic heterocycles. The average molecular weight is 2220 g/mol. The summed E-state index contributed by atoms with van der Waals surface area (Å²) in [5, 5.41) is 75.4. The van der Waals surface area contributed by atoms with E-state index in [1.807, 2.05) is 53.0 Å². The second kappa shape index (κ2) is 61.0. The molecule has 0 radical (unpaired) electrons. The Hall–Kier alpha value is -9.89. The highest BCUT2D eigenvalue weighted by atomic mass is 79.9. The Morgan fingerprint density at radius 3 is 1.15 bits per heavy atom. The first kappa shape index (κ1) is 122. The number of halogens is 8. The number of nitrogens with zero attached hydrogens (tertiary/aromatic N) is 22. The third-order valence-corrected chi connectivity index (χ3v) is 21.2. The van der Waals surface area contributed by atoms with E-state index < -0.39 is 0 Å². The Morgan fingerprint density at radius 2 is 0.783 bits per heavy atom. The molecular weight excluding hydrogens is 2090 g/mol. The number of aliphatic hydroxyl groups excluding tert-OH is 2. The molecule has 13 heterocycles. The summed E-state index contributed by atoms with van der Waals surface area (Å²) >= 11 is 29.9. The van der Waals surface area contributed by atoms with Gasteiger partial charge in [0.2, 0.25) is 39.7 Å². The van der Waals surface area contributed by atoms with Crippen molar-refractivity contribution in [2.75, 3.05) is 75.2 Å². The molecule has 3 atom stereocenters. The lowest BCUT2D eigenvalue weighted by atomic mass is 9.97. The summed E-state index contributed by atoms with van der Waals surface area (Å²) in [6.45, 7) is 46.6. The number of alkyl halides is 1. The predicted molar refractivity (Wildman–Crippen MR) is 554 cm³/mol. The van der Waals surface area contributed by atoms with Gasteiger partial charge in [0, 0.05) is 142 Å². The van der Waals surface area contributed by atoms with Gasteiger partial charge in [0.25, 0.3) is 0 Å². The van der Waals surface area contributed by atoms with Crippen LogP contribution < -0.4 is 16.0 Å². The van der Waals surface area contributed by atoms with Crippen LogP contribution in [0.25, 0.3) is 33.1 Å². The molecule has 0 aliphatic carbocycles. The molecule has 746 valence electrons. The normalized spacial score (nSPS) is 14.3. The molecule has 5 N–H and O–H groups in total. The Kier molecular flexibility index (Phi) is 54.0. The van der Waals surface area contributed by atoms with Crippen LogP contribution in [0.5, 0.6) is 0 Å². The van der Waals surface area contributed by atoms with E-state index in [1.165, 1.54) is 12.6 Å². The first-order chi connectivity index (χ1) is 64.2. The van der Waals surface area contributed by atoms with Crippen molar-refractivity contribution in [2.24, 2.45) is 32.5 Å². The highest BCUT2D eigenvalue weighted by Gasteiger charge is 2.25. The van der Waals surface area contributed by atoms with Crippen LogP contribution in [0.3, 0.4) is 0 Å². The molecule has 0 aromatic carbocycles. The first-order valence-electron chi connectivity index (χ1n) is 43.7. The molecule has 3 saturated heterocycles. The lowest BCUT2D eigenvalue weighted by molar-refractivity contribution is -0.169. The second-order valence-electron chi connectivity index (χ2n) is 38.0. The molecule has 0 amide bonds. The monoisotopic (exact) mass is 2210 g/mol. The number of nitriles is 5. The Bertz CT molecular complexity index is 5750. The quantitative estimate of drug-likeness (QED) is 0.0230. The average Bonchev–Trinajstić information content (AvgIpc) is 1.70. The van der Waals surface area contributed by atoms with Gasteiger partial charge in [0.05, 0.1) is 32.2 Å². The van der Waals surface area contributed by atoms with Gasteiger partial charge in [-0.25, -0.2) is 64.8 Å². The van der Waals surface area contributed by atoms with Gasteiger partial charge in [0.15, 0.2) is 18.9 Å². The number of fused-ring (bicyclic) bond motifs is 3. The van der Waals surface area contributed by atoms with Crippen LogP contribution in [0.4, 0.5) is 22.2 Å². The highest BCUT2D eigenvalue weighted by molar-refractivity contribution is 9.11. The summed E-state index contributed by atoms with van der Waals surface area (Å²) in [6.07, 6.45) is 30.2. The van der Waals surface area contributed by atoms with Crippen LogP contribution in [0.1, 0.15) is 243 Å². The molecule has 3 unspecified atom stereocenters. The maximum atomic E-state index is 9.41. The molecule has 138 heavy (non-hydrogen) atoms. The van der Waals surface area contributed by atoms with Gasteiger partial charge < -0.3 is 68.3 Å². The van der Waals surface area contributed by atoms with Gasteiger partial charge in [-0.1, -0.05) is 183 Å². The zero-order chi connectivity index (χ0) is 101. The van der Waals surface area contributed by atoms with Crippen LogP contribution in [0.2, 0.25) is 15.7 Å². The topological polar surface area (TPSA) is 446 Å². The van der Waals surface area contributed by atoms with E-state index >= 15 is 0 Å². The number of aliphatic hydroxyl groups is 2. The molecule has 3 aliphatic rings. The molecule has 41 heteroatoms. The summed E-state index contributed by atoms with van der Waals surface area (Å²) in [7, 11) is 0. The van der Waals surface area contributed by atoms with E-state index in [-0.39, 0.29) is 118 Å². The van der Waals surface area contributed by atoms with Crippen molar-refractivity contribution in [3.05, 3.63) is 142 Å². The fraction of sp³-hybridized carbons (Fsp3) is 0.536. The Balaban J connectivity index is 0.000000541. The van der Waals surface area contributed by atoms with Crippen molar-refractivity contribution in [3.63, 3.8) is 0 Å². The lowest BCUT2D eigenvalue weighted by Crippen LogP contribution is -2.23. The van der Waals surface area contributed by atoms with Crippen molar-refractivity contribution in [1.29, 1.82) is 26.3 Å². The number of aromatic nitrogens is 17. The van der Waals surface area contributed by atoms with Crippen LogP contribution in [0.15, 0.2) is 75.0 Å². The molecule has 3 fully saturated rings. The number of rotatable bonds is 18. The van der Waals surface area contributed by atoms with E-state index in [9.17, 15) is 5.11 Å². The summed E-state index contributed by atoms with van der Waals surface area (Å²) in [5.41, 5.74) is 6.75. The fourth-order valence-electron chi connectivity index (χ4n) is 11.9. The molecule has 33 nitrogen and oxygen atoms in total. The van der Waals surface area contributed by atoms with Crippen molar-refractivity contribution in [2.45, 2.75) is 247 Å².